The molecule has 2 aromatic carbocycles. The molecular formula is C19H17BrClN3S. The second kappa shape index (κ2) is 7.08. The summed E-state index contributed by atoms with van der Waals surface area (Å²) in [7, 11) is 0. The van der Waals surface area contributed by atoms with Gasteiger partial charge in [0.05, 0.1) is 26.4 Å². The number of hydrogen-bond donors (Lipinski definition) is 2. The van der Waals surface area contributed by atoms with Crippen LogP contribution in [0.1, 0.15) is 18.4 Å². The molecule has 0 aliphatic heterocycles. The molecule has 3 nitrogen and oxygen atoms in total. The maximum Gasteiger partial charge on any atom is 0.141 e. The van der Waals surface area contributed by atoms with Gasteiger partial charge in [-0.15, -0.1) is 11.3 Å². The Balaban J connectivity index is 1.91. The first kappa shape index (κ1) is 17.0. The summed E-state index contributed by atoms with van der Waals surface area (Å²) in [6, 6.07) is 12.3. The largest absolute Gasteiger partial charge is 0.351 e. The smallest absolute Gasteiger partial charge is 0.141 e. The molecule has 3 N–H and O–H groups in total. The number of unbranched alkanes of at least 4 members (excludes halogenated alkanes) is 1. The monoisotopic (exact) mass is 433 g/mol. The number of H-pyrrole nitrogens is 1. The molecule has 2 heterocycles. The molecule has 0 fully saturated rings. The number of nitrogens with one attached hydrogen (secondary N) is 1. The first-order valence-corrected chi connectivity index (χ1v) is 10.2. The zero-order valence-electron chi connectivity index (χ0n) is 13.5. The molecule has 0 unspecified atom stereocenters. The van der Waals surface area contributed by atoms with E-state index in [1.54, 1.807) is 11.3 Å². The highest BCUT2D eigenvalue weighted by Gasteiger charge is 2.18. The van der Waals surface area contributed by atoms with E-state index in [0.717, 1.165) is 55.9 Å². The van der Waals surface area contributed by atoms with Crippen molar-refractivity contribution >= 4 is 60.0 Å². The van der Waals surface area contributed by atoms with E-state index >= 15 is 0 Å². The van der Waals surface area contributed by atoms with Crippen molar-refractivity contribution in [3.05, 3.63) is 51.5 Å². The highest BCUT2D eigenvalue weighted by molar-refractivity contribution is 9.10. The van der Waals surface area contributed by atoms with Crippen molar-refractivity contribution in [3.8, 4) is 10.7 Å². The summed E-state index contributed by atoms with van der Waals surface area (Å²) in [6.45, 7) is 0.712. The molecule has 0 radical (unpaired) electrons. The Morgan fingerprint density at radius 1 is 1.20 bits per heavy atom. The Morgan fingerprint density at radius 3 is 2.84 bits per heavy atom. The van der Waals surface area contributed by atoms with Crippen LogP contribution in [-0.4, -0.2) is 16.5 Å². The van der Waals surface area contributed by atoms with Crippen LogP contribution in [0, 0.1) is 0 Å². The molecule has 25 heavy (non-hydrogen) atoms. The van der Waals surface area contributed by atoms with Crippen LogP contribution in [-0.2, 0) is 6.42 Å². The third-order valence-corrected chi connectivity index (χ3v) is 6.13. The average molecular weight is 435 g/mol. The van der Waals surface area contributed by atoms with Crippen molar-refractivity contribution in [1.82, 2.24) is 9.97 Å². The molecule has 4 rings (SSSR count). The molecule has 0 bridgehead atoms. The zero-order chi connectivity index (χ0) is 17.4. The first-order chi connectivity index (χ1) is 12.2. The molecule has 6 heteroatoms. The van der Waals surface area contributed by atoms with Crippen LogP contribution in [0.25, 0.3) is 31.8 Å². The summed E-state index contributed by atoms with van der Waals surface area (Å²) in [4.78, 5) is 8.35. The number of halogens is 2. The van der Waals surface area contributed by atoms with Crippen LogP contribution in [0.2, 0.25) is 5.02 Å². The van der Waals surface area contributed by atoms with Crippen molar-refractivity contribution in [1.29, 1.82) is 0 Å². The fraction of sp³-hybridized carbons (Fsp3) is 0.211. The van der Waals surface area contributed by atoms with Crippen molar-refractivity contribution in [2.75, 3.05) is 6.54 Å². The highest BCUT2D eigenvalue weighted by atomic mass is 79.9. The van der Waals surface area contributed by atoms with Gasteiger partial charge in [-0.1, -0.05) is 39.7 Å². The van der Waals surface area contributed by atoms with Gasteiger partial charge in [0.2, 0.25) is 0 Å². The number of para-hydroxylation sites is 1. The van der Waals surface area contributed by atoms with Crippen molar-refractivity contribution < 1.29 is 0 Å². The number of thiazole rings is 1. The predicted molar refractivity (Wildman–Crippen MR) is 112 cm³/mol. The minimum absolute atomic E-state index is 0.712. The maximum absolute atomic E-state index is 6.48. The molecule has 0 spiro atoms. The Morgan fingerprint density at radius 2 is 2.04 bits per heavy atom. The molecule has 0 aliphatic rings. The molecule has 0 amide bonds. The van der Waals surface area contributed by atoms with Gasteiger partial charge in [0, 0.05) is 9.86 Å². The Hall–Kier alpha value is -1.40. The average Bonchev–Trinajstić information content (AvgIpc) is 3.17. The van der Waals surface area contributed by atoms with E-state index in [1.807, 2.05) is 18.2 Å². The number of aromatic amines is 1. The second-order valence-electron chi connectivity index (χ2n) is 6.02. The zero-order valence-corrected chi connectivity index (χ0v) is 16.6. The highest BCUT2D eigenvalue weighted by Crippen LogP contribution is 2.39. The second-order valence-corrected chi connectivity index (χ2v) is 8.37. The van der Waals surface area contributed by atoms with Gasteiger partial charge in [0.15, 0.2) is 0 Å². The fourth-order valence-electron chi connectivity index (χ4n) is 3.14. The summed E-state index contributed by atoms with van der Waals surface area (Å²) in [5.74, 6) is 0. The van der Waals surface area contributed by atoms with Crippen LogP contribution in [0.5, 0.6) is 0 Å². The lowest BCUT2D eigenvalue weighted by atomic mass is 10.0. The van der Waals surface area contributed by atoms with E-state index < -0.39 is 0 Å². The van der Waals surface area contributed by atoms with Gasteiger partial charge in [-0.05, 0) is 55.6 Å². The van der Waals surface area contributed by atoms with E-state index in [0.29, 0.717) is 6.54 Å². The minimum atomic E-state index is 0.712. The maximum atomic E-state index is 6.48. The van der Waals surface area contributed by atoms with Gasteiger partial charge < -0.3 is 10.7 Å². The van der Waals surface area contributed by atoms with Crippen LogP contribution in [0.3, 0.4) is 0 Å². The number of fused-ring (bicyclic) bond motifs is 2. The molecule has 4 aromatic rings. The van der Waals surface area contributed by atoms with Gasteiger partial charge in [0.1, 0.15) is 5.01 Å². The number of rotatable bonds is 5. The summed E-state index contributed by atoms with van der Waals surface area (Å²) < 4.78 is 2.18. The fourth-order valence-corrected chi connectivity index (χ4v) is 4.99. The predicted octanol–water partition coefficient (Wildman–Crippen LogP) is 6.14. The van der Waals surface area contributed by atoms with Gasteiger partial charge in [-0.3, -0.25) is 0 Å². The van der Waals surface area contributed by atoms with E-state index in [9.17, 15) is 0 Å². The lowest BCUT2D eigenvalue weighted by molar-refractivity contribution is 0.748. The molecular weight excluding hydrogens is 418 g/mol. The number of aryl methyl sites for hydroxylation is 1. The lowest BCUT2D eigenvalue weighted by Crippen LogP contribution is -1.99. The third kappa shape index (κ3) is 3.22. The molecule has 0 saturated heterocycles. The molecule has 0 atom stereocenters. The number of nitrogens with two attached hydrogens (primary N) is 1. The van der Waals surface area contributed by atoms with Crippen molar-refractivity contribution in [3.63, 3.8) is 0 Å². The number of hydrogen-bond acceptors (Lipinski definition) is 3. The van der Waals surface area contributed by atoms with Gasteiger partial charge >= 0.3 is 0 Å². The van der Waals surface area contributed by atoms with Gasteiger partial charge in [-0.25, -0.2) is 4.98 Å². The van der Waals surface area contributed by atoms with Crippen LogP contribution in [0.4, 0.5) is 0 Å². The normalized spacial score (nSPS) is 11.6. The topological polar surface area (TPSA) is 54.7 Å². The standard InChI is InChI=1S/C19H17BrClN3S/c20-11-9-13-12(5-3-4-8-22)18(24-17(13)14(21)10-11)19-23-15-6-1-2-7-16(15)25-19/h1-2,6-7,9-10,24H,3-5,8,22H2. The van der Waals surface area contributed by atoms with Gasteiger partial charge in [0.25, 0.3) is 0 Å². The Labute approximate surface area is 163 Å². The molecule has 2 aromatic heterocycles. The van der Waals surface area contributed by atoms with Crippen molar-refractivity contribution in [2.45, 2.75) is 19.3 Å². The van der Waals surface area contributed by atoms with Crippen LogP contribution in [0.15, 0.2) is 40.9 Å². The minimum Gasteiger partial charge on any atom is -0.351 e. The van der Waals surface area contributed by atoms with E-state index in [1.165, 1.54) is 10.3 Å². The SMILES string of the molecule is NCCCCc1c(-c2nc3ccccc3s2)[nH]c2c(Cl)cc(Br)cc12. The lowest BCUT2D eigenvalue weighted by Gasteiger charge is -2.03. The molecule has 0 saturated carbocycles. The summed E-state index contributed by atoms with van der Waals surface area (Å²) in [5, 5.41) is 2.88. The van der Waals surface area contributed by atoms with E-state index in [4.69, 9.17) is 22.3 Å². The van der Waals surface area contributed by atoms with E-state index in [2.05, 4.69) is 39.1 Å². The van der Waals surface area contributed by atoms with E-state index in [-0.39, 0.29) is 0 Å². The number of aromatic nitrogens is 2. The Kier molecular flexibility index (Phi) is 4.82. The first-order valence-electron chi connectivity index (χ1n) is 8.23. The molecule has 0 aliphatic carbocycles. The summed E-state index contributed by atoms with van der Waals surface area (Å²) >= 11 is 11.7. The molecule has 128 valence electrons. The Bertz CT molecular complexity index is 1020. The van der Waals surface area contributed by atoms with Crippen LogP contribution < -0.4 is 5.73 Å². The third-order valence-electron chi connectivity index (χ3n) is 4.32. The number of nitrogens with zero attached hydrogens (tertiary/aromatic N) is 1. The number of benzene rings is 2. The van der Waals surface area contributed by atoms with Gasteiger partial charge in [-0.2, -0.15) is 0 Å². The van der Waals surface area contributed by atoms with Crippen LogP contribution >= 0.6 is 38.9 Å². The summed E-state index contributed by atoms with van der Waals surface area (Å²) in [6.07, 6.45) is 3.01. The quantitative estimate of drug-likeness (QED) is 0.371. The summed E-state index contributed by atoms with van der Waals surface area (Å²) in [5.41, 5.74) is 10.0. The van der Waals surface area contributed by atoms with Crippen molar-refractivity contribution in [2.24, 2.45) is 5.73 Å².